The molecule has 0 heterocycles. The molecule has 0 radical (unpaired) electrons. The molecule has 38 heavy (non-hydrogen) atoms. The Hall–Kier alpha value is -1.04. The van der Waals surface area contributed by atoms with Crippen LogP contribution in [0, 0.1) is 0 Å². The van der Waals surface area contributed by atoms with Crippen LogP contribution in [0.2, 0.25) is 0 Å². The zero-order chi connectivity index (χ0) is 29.0. The first-order chi connectivity index (χ1) is 18.0. The van der Waals surface area contributed by atoms with Crippen LogP contribution in [-0.2, 0) is 33.6 Å². The topological polar surface area (TPSA) is 111 Å². The van der Waals surface area contributed by atoms with Crippen LogP contribution in [0.5, 0.6) is 0 Å². The van der Waals surface area contributed by atoms with Gasteiger partial charge in [-0.3, -0.25) is 8.98 Å². The molecule has 0 aromatic heterocycles. The van der Waals surface area contributed by atoms with Crippen molar-refractivity contribution in [1.82, 2.24) is 0 Å². The maximum atomic E-state index is 11.7. The lowest BCUT2D eigenvalue weighted by Gasteiger charge is -2.23. The number of rotatable bonds is 25. The minimum Gasteiger partial charge on any atom is -0.726 e. The molecule has 0 aromatic carbocycles. The van der Waals surface area contributed by atoms with E-state index >= 15 is 0 Å². The monoisotopic (exact) mass is 567 g/mol. The van der Waals surface area contributed by atoms with Crippen molar-refractivity contribution in [3.8, 4) is 0 Å². The molecule has 228 valence electrons. The molecule has 0 aliphatic carbocycles. The van der Waals surface area contributed by atoms with Gasteiger partial charge < -0.3 is 23.2 Å². The Balaban J connectivity index is 0. The van der Waals surface area contributed by atoms with E-state index in [1.54, 1.807) is 0 Å². The number of allylic oxidation sites excluding steroid dienone is 2. The minimum atomic E-state index is -4.41. The van der Waals surface area contributed by atoms with E-state index in [4.69, 9.17) is 14.2 Å². The molecule has 0 amide bonds. The zero-order valence-electron chi connectivity index (χ0n) is 24.9. The third-order valence-corrected chi connectivity index (χ3v) is 6.02. The average molecular weight is 568 g/mol. The quantitative estimate of drug-likeness (QED) is 0.0360. The van der Waals surface area contributed by atoms with Crippen molar-refractivity contribution < 1.29 is 40.6 Å². The fourth-order valence-corrected chi connectivity index (χ4v) is 3.29. The van der Waals surface area contributed by atoms with Crippen LogP contribution in [0.1, 0.15) is 96.8 Å². The number of carbonyl (C=O) groups is 1. The van der Waals surface area contributed by atoms with Crippen LogP contribution in [0.4, 0.5) is 0 Å². The molecule has 0 spiro atoms. The van der Waals surface area contributed by atoms with Gasteiger partial charge in [-0.25, -0.2) is 8.42 Å². The lowest BCUT2D eigenvalue weighted by molar-refractivity contribution is -0.870. The van der Waals surface area contributed by atoms with Gasteiger partial charge in [-0.15, -0.1) is 0 Å². The van der Waals surface area contributed by atoms with Crippen LogP contribution < -0.4 is 0 Å². The molecule has 0 N–H and O–H groups in total. The van der Waals surface area contributed by atoms with Crippen molar-refractivity contribution in [1.29, 1.82) is 0 Å². The second-order valence-electron chi connectivity index (χ2n) is 10.4. The largest absolute Gasteiger partial charge is 0.726 e. The molecular weight excluding hydrogens is 510 g/mol. The van der Waals surface area contributed by atoms with Crippen LogP contribution in [0.3, 0.4) is 0 Å². The zero-order valence-corrected chi connectivity index (χ0v) is 25.7. The number of nitrogens with zero attached hydrogens (tertiary/aromatic N) is 1. The van der Waals surface area contributed by atoms with Gasteiger partial charge in [-0.1, -0.05) is 70.4 Å². The summed E-state index contributed by atoms with van der Waals surface area (Å²) in [6, 6.07) is 0. The highest BCUT2D eigenvalue weighted by atomic mass is 32.3. The number of hydrogen-bond acceptors (Lipinski definition) is 8. The van der Waals surface area contributed by atoms with E-state index in [-0.39, 0.29) is 5.97 Å². The molecule has 0 rings (SSSR count). The first-order valence-corrected chi connectivity index (χ1v) is 15.6. The Bertz CT molecular complexity index is 648. The first kappa shape index (κ1) is 39.1. The fourth-order valence-electron chi connectivity index (χ4n) is 3.29. The molecule has 0 fully saturated rings. The molecular formula is C28H57NO8S. The second-order valence-corrected chi connectivity index (χ2v) is 11.5. The third kappa shape index (κ3) is 39.5. The van der Waals surface area contributed by atoms with Crippen molar-refractivity contribution in [2.24, 2.45) is 0 Å². The molecule has 0 saturated carbocycles. The van der Waals surface area contributed by atoms with Crippen LogP contribution >= 0.6 is 0 Å². The fraction of sp³-hybridized carbons (Fsp3) is 0.893. The highest BCUT2D eigenvalue weighted by Gasteiger charge is 2.05. The predicted molar refractivity (Wildman–Crippen MR) is 152 cm³/mol. The van der Waals surface area contributed by atoms with Gasteiger partial charge in [-0.2, -0.15) is 0 Å². The summed E-state index contributed by atoms with van der Waals surface area (Å²) in [5.41, 5.74) is 0. The van der Waals surface area contributed by atoms with E-state index in [0.717, 1.165) is 37.6 Å². The molecule has 0 bridgehead atoms. The Kier molecular flexibility index (Phi) is 28.3. The molecule has 0 unspecified atom stereocenters. The Labute approximate surface area is 233 Å². The van der Waals surface area contributed by atoms with Gasteiger partial charge in [0.2, 0.25) is 10.4 Å². The Morgan fingerprint density at radius 3 is 1.68 bits per heavy atom. The smallest absolute Gasteiger partial charge is 0.305 e. The summed E-state index contributed by atoms with van der Waals surface area (Å²) in [6.45, 7) is 5.89. The Morgan fingerprint density at radius 1 is 0.737 bits per heavy atom. The number of unbranched alkanes of at least 4 members (excludes halogenated alkanes) is 11. The van der Waals surface area contributed by atoms with E-state index in [1.165, 1.54) is 70.6 Å². The summed E-state index contributed by atoms with van der Waals surface area (Å²) in [7, 11) is 2.83. The summed E-state index contributed by atoms with van der Waals surface area (Å²) in [4.78, 5) is 11.7. The maximum Gasteiger partial charge on any atom is 0.305 e. The van der Waals surface area contributed by atoms with Gasteiger partial charge in [0.25, 0.3) is 0 Å². The summed E-state index contributed by atoms with van der Waals surface area (Å²) in [6.07, 6.45) is 21.6. The van der Waals surface area contributed by atoms with Crippen molar-refractivity contribution in [2.45, 2.75) is 96.8 Å². The number of ether oxygens (including phenoxy) is 3. The van der Waals surface area contributed by atoms with Gasteiger partial charge in [0.1, 0.15) is 13.2 Å². The van der Waals surface area contributed by atoms with E-state index in [0.29, 0.717) is 32.8 Å². The standard InChI is InChI=1S/C27H54NO4.CH4O4S/c1-5-6-7-8-9-10-11-12-13-14-15-16-17-18-19-20-27(29)32-26-25-31-24-23-30-22-21-28(2,3)4;1-5-6(2,3)4/h12-13H,5-11,14-26H2,1-4H3;1H3,(H,2,3,4)/q+1;/p-1/b13-12-;. The summed E-state index contributed by atoms with van der Waals surface area (Å²) in [5, 5.41) is 0. The molecule has 0 atom stereocenters. The maximum absolute atomic E-state index is 11.7. The number of hydrogen-bond donors (Lipinski definition) is 0. The van der Waals surface area contributed by atoms with E-state index in [1.807, 2.05) is 0 Å². The van der Waals surface area contributed by atoms with Crippen molar-refractivity contribution in [3.63, 3.8) is 0 Å². The second kappa shape index (κ2) is 27.5. The van der Waals surface area contributed by atoms with Gasteiger partial charge in [-0.05, 0) is 32.1 Å². The molecule has 0 aliphatic rings. The van der Waals surface area contributed by atoms with Gasteiger partial charge in [0, 0.05) is 6.42 Å². The lowest BCUT2D eigenvalue weighted by Crippen LogP contribution is -2.37. The molecule has 9 nitrogen and oxygen atoms in total. The molecule has 10 heteroatoms. The summed E-state index contributed by atoms with van der Waals surface area (Å²) in [5.74, 6) is -0.106. The number of quaternary nitrogens is 1. The van der Waals surface area contributed by atoms with Crippen LogP contribution in [0.25, 0.3) is 0 Å². The summed E-state index contributed by atoms with van der Waals surface area (Å²) < 4.78 is 48.1. The van der Waals surface area contributed by atoms with Crippen LogP contribution in [0.15, 0.2) is 12.2 Å². The predicted octanol–water partition coefficient (Wildman–Crippen LogP) is 5.40. The highest BCUT2D eigenvalue weighted by Crippen LogP contribution is 2.10. The SMILES string of the molecule is CCCCCCCC/C=C\CCCCCCCC(=O)OCCOCCOCC[N+](C)(C)C.COS(=O)(=O)[O-]. The van der Waals surface area contributed by atoms with Crippen LogP contribution in [-0.4, -0.2) is 91.3 Å². The molecule has 0 aromatic rings. The number of esters is 1. The van der Waals surface area contributed by atoms with Gasteiger partial charge in [0.05, 0.1) is 54.7 Å². The van der Waals surface area contributed by atoms with E-state index < -0.39 is 10.4 Å². The normalized spacial score (nSPS) is 11.9. The first-order valence-electron chi connectivity index (χ1n) is 14.3. The van der Waals surface area contributed by atoms with Crippen molar-refractivity contribution >= 4 is 16.4 Å². The van der Waals surface area contributed by atoms with Gasteiger partial charge >= 0.3 is 5.97 Å². The van der Waals surface area contributed by atoms with E-state index in [9.17, 15) is 17.8 Å². The number of carbonyl (C=O) groups excluding carboxylic acids is 1. The number of likely N-dealkylation sites (N-methyl/N-ethyl adjacent to an activating group) is 1. The minimum absolute atomic E-state index is 0.106. The molecule has 0 saturated heterocycles. The van der Waals surface area contributed by atoms with E-state index in [2.05, 4.69) is 44.4 Å². The average Bonchev–Trinajstić information content (AvgIpc) is 2.84. The van der Waals surface area contributed by atoms with Crippen molar-refractivity contribution in [3.05, 3.63) is 12.2 Å². The molecule has 0 aliphatic heterocycles. The lowest BCUT2D eigenvalue weighted by atomic mass is 10.1. The van der Waals surface area contributed by atoms with Crippen molar-refractivity contribution in [2.75, 3.05) is 67.8 Å². The highest BCUT2D eigenvalue weighted by molar-refractivity contribution is 7.80. The summed E-state index contributed by atoms with van der Waals surface area (Å²) >= 11 is 0. The Morgan fingerprint density at radius 2 is 1.18 bits per heavy atom. The third-order valence-electron chi connectivity index (χ3n) is 5.62. The van der Waals surface area contributed by atoms with Gasteiger partial charge in [0.15, 0.2) is 0 Å².